The van der Waals surface area contributed by atoms with Crippen molar-refractivity contribution in [3.05, 3.63) is 76.2 Å². The highest BCUT2D eigenvalue weighted by atomic mass is 32.2. The Kier molecular flexibility index (Phi) is 8.08. The molecule has 0 saturated carbocycles. The van der Waals surface area contributed by atoms with Gasteiger partial charge in [-0.25, -0.2) is 8.42 Å². The third-order valence-electron chi connectivity index (χ3n) is 4.49. The van der Waals surface area contributed by atoms with Crippen LogP contribution in [0.15, 0.2) is 53.9 Å². The maximum Gasteiger partial charge on any atom is 0.324 e. The summed E-state index contributed by atoms with van der Waals surface area (Å²) in [6.45, 7) is 6.62. The molecule has 0 aromatic heterocycles. The highest BCUT2D eigenvalue weighted by Crippen LogP contribution is 2.13. The number of nitrogens with one attached hydrogen (secondary N) is 1. The first-order valence-corrected chi connectivity index (χ1v) is 11.2. The molecule has 0 amide bonds. The van der Waals surface area contributed by atoms with Gasteiger partial charge >= 0.3 is 5.97 Å². The van der Waals surface area contributed by atoms with E-state index in [1.54, 1.807) is 51.1 Å². The second-order valence-corrected chi connectivity index (χ2v) is 9.05. The van der Waals surface area contributed by atoms with Crippen molar-refractivity contribution < 1.29 is 22.7 Å². The van der Waals surface area contributed by atoms with E-state index in [4.69, 9.17) is 4.74 Å². The van der Waals surface area contributed by atoms with Crippen LogP contribution in [0.2, 0.25) is 0 Å². The zero-order chi connectivity index (χ0) is 22.3. The topological polar surface area (TPSA) is 89.5 Å². The molecule has 2 rings (SSSR count). The van der Waals surface area contributed by atoms with Crippen molar-refractivity contribution in [2.45, 2.75) is 33.7 Å². The summed E-state index contributed by atoms with van der Waals surface area (Å²) in [5.41, 5.74) is 2.91. The summed E-state index contributed by atoms with van der Waals surface area (Å²) in [6, 6.07) is 13.3. The van der Waals surface area contributed by atoms with Crippen molar-refractivity contribution in [1.29, 1.82) is 0 Å². The van der Waals surface area contributed by atoms with Crippen LogP contribution in [0.4, 0.5) is 0 Å². The third-order valence-corrected chi connectivity index (χ3v) is 5.57. The lowest BCUT2D eigenvalue weighted by molar-refractivity contribution is -0.145. The predicted octanol–water partition coefficient (Wildman–Crippen LogP) is 3.64. The quantitative estimate of drug-likeness (QED) is 0.485. The molecule has 1 atom stereocenters. The Morgan fingerprint density at radius 1 is 1.07 bits per heavy atom. The lowest BCUT2D eigenvalue weighted by Crippen LogP contribution is -2.45. The Balaban J connectivity index is 2.04. The number of sulfonamides is 1. The van der Waals surface area contributed by atoms with Gasteiger partial charge < -0.3 is 4.74 Å². The molecule has 0 fully saturated rings. The largest absolute Gasteiger partial charge is 0.456 e. The molecule has 0 heterocycles. The van der Waals surface area contributed by atoms with Crippen molar-refractivity contribution >= 4 is 27.9 Å². The molecule has 1 unspecified atom stereocenters. The van der Waals surface area contributed by atoms with Crippen LogP contribution >= 0.6 is 0 Å². The first-order valence-electron chi connectivity index (χ1n) is 9.61. The first kappa shape index (κ1) is 23.5. The molecular formula is C23H27NO5S. The van der Waals surface area contributed by atoms with Crippen molar-refractivity contribution in [2.24, 2.45) is 5.92 Å². The fourth-order valence-electron chi connectivity index (χ4n) is 2.75. The molecule has 30 heavy (non-hydrogen) atoms. The molecule has 0 aliphatic carbocycles. The van der Waals surface area contributed by atoms with Gasteiger partial charge in [0.25, 0.3) is 0 Å². The number of hydrogen-bond acceptors (Lipinski definition) is 5. The van der Waals surface area contributed by atoms with E-state index in [-0.39, 0.29) is 11.7 Å². The number of ether oxygens (including phenoxy) is 1. The van der Waals surface area contributed by atoms with Crippen molar-refractivity contribution in [1.82, 2.24) is 4.72 Å². The van der Waals surface area contributed by atoms with Crippen LogP contribution in [-0.4, -0.2) is 32.8 Å². The summed E-state index contributed by atoms with van der Waals surface area (Å²) in [7, 11) is -3.89. The SMILES string of the molecule is Cc1ccc(C)c(C(=O)COC(=O)C(NS(=O)(=O)/C=C/c2ccccc2)C(C)C)c1. The lowest BCUT2D eigenvalue weighted by atomic mass is 10.0. The molecule has 160 valence electrons. The van der Waals surface area contributed by atoms with Crippen molar-refractivity contribution in [3.8, 4) is 0 Å². The van der Waals surface area contributed by atoms with Gasteiger partial charge in [-0.1, -0.05) is 61.9 Å². The number of esters is 1. The first-order chi connectivity index (χ1) is 14.1. The van der Waals surface area contributed by atoms with Crippen molar-refractivity contribution in [3.63, 3.8) is 0 Å². The van der Waals surface area contributed by atoms with E-state index in [2.05, 4.69) is 4.72 Å². The predicted molar refractivity (Wildman–Crippen MR) is 117 cm³/mol. The van der Waals surface area contributed by atoms with Crippen LogP contribution in [0.3, 0.4) is 0 Å². The summed E-state index contributed by atoms with van der Waals surface area (Å²) in [6.07, 6.45) is 1.44. The Morgan fingerprint density at radius 2 is 1.73 bits per heavy atom. The summed E-state index contributed by atoms with van der Waals surface area (Å²) < 4.78 is 32.3. The second-order valence-electron chi connectivity index (χ2n) is 7.45. The Morgan fingerprint density at radius 3 is 2.37 bits per heavy atom. The molecular weight excluding hydrogens is 402 g/mol. The van der Waals surface area contributed by atoms with E-state index in [0.29, 0.717) is 11.1 Å². The van der Waals surface area contributed by atoms with Gasteiger partial charge in [0.05, 0.1) is 0 Å². The molecule has 6 nitrogen and oxygen atoms in total. The minimum absolute atomic E-state index is 0.334. The van der Waals surface area contributed by atoms with E-state index in [1.807, 2.05) is 25.1 Å². The zero-order valence-corrected chi connectivity index (χ0v) is 18.4. The number of rotatable bonds is 9. The molecule has 2 aromatic carbocycles. The van der Waals surface area contributed by atoms with E-state index in [9.17, 15) is 18.0 Å². The molecule has 7 heteroatoms. The molecule has 2 aromatic rings. The monoisotopic (exact) mass is 429 g/mol. The van der Waals surface area contributed by atoms with Crippen molar-refractivity contribution in [2.75, 3.05) is 6.61 Å². The van der Waals surface area contributed by atoms with Crippen LogP contribution < -0.4 is 4.72 Å². The Bertz CT molecular complexity index is 1030. The van der Waals surface area contributed by atoms with Gasteiger partial charge in [0.15, 0.2) is 6.61 Å². The van der Waals surface area contributed by atoms with Crippen LogP contribution in [0.25, 0.3) is 6.08 Å². The van der Waals surface area contributed by atoms with Crippen LogP contribution in [-0.2, 0) is 19.6 Å². The Hall–Kier alpha value is -2.77. The molecule has 0 radical (unpaired) electrons. The number of ketones is 1. The second kappa shape index (κ2) is 10.3. The number of carbonyl (C=O) groups is 2. The smallest absolute Gasteiger partial charge is 0.324 e. The lowest BCUT2D eigenvalue weighted by Gasteiger charge is -2.19. The zero-order valence-electron chi connectivity index (χ0n) is 17.6. The maximum atomic E-state index is 12.5. The van der Waals surface area contributed by atoms with Gasteiger partial charge in [-0.3, -0.25) is 9.59 Å². The fourth-order valence-corrected chi connectivity index (χ4v) is 3.88. The standard InChI is InChI=1S/C23H27NO5S/c1-16(2)22(24-30(27,28)13-12-19-8-6-5-7-9-19)23(26)29-15-21(25)20-14-17(3)10-11-18(20)4/h5-14,16,22,24H,15H2,1-4H3/b13-12+. The molecule has 0 saturated heterocycles. The molecule has 0 spiro atoms. The summed E-state index contributed by atoms with van der Waals surface area (Å²) in [4.78, 5) is 24.9. The number of Topliss-reactive ketones (excluding diaryl/α,β-unsaturated/α-hetero) is 1. The summed E-state index contributed by atoms with van der Waals surface area (Å²) in [5, 5.41) is 1.01. The van der Waals surface area contributed by atoms with E-state index in [0.717, 1.165) is 16.5 Å². The number of benzene rings is 2. The van der Waals surface area contributed by atoms with E-state index >= 15 is 0 Å². The van der Waals surface area contributed by atoms with Gasteiger partial charge in [-0.15, -0.1) is 0 Å². The van der Waals surface area contributed by atoms with Gasteiger partial charge in [0.2, 0.25) is 15.8 Å². The van der Waals surface area contributed by atoms with Gasteiger partial charge in [0, 0.05) is 11.0 Å². The van der Waals surface area contributed by atoms with Gasteiger partial charge in [-0.2, -0.15) is 4.72 Å². The summed E-state index contributed by atoms with van der Waals surface area (Å²) >= 11 is 0. The highest BCUT2D eigenvalue weighted by Gasteiger charge is 2.28. The minimum atomic E-state index is -3.89. The maximum absolute atomic E-state index is 12.5. The Labute approximate surface area is 178 Å². The third kappa shape index (κ3) is 6.93. The fraction of sp³-hybridized carbons (Fsp3) is 0.304. The minimum Gasteiger partial charge on any atom is -0.456 e. The number of carbonyl (C=O) groups excluding carboxylic acids is 2. The molecule has 0 aliphatic rings. The summed E-state index contributed by atoms with van der Waals surface area (Å²) in [5.74, 6) is -1.49. The van der Waals surface area contributed by atoms with Gasteiger partial charge in [0.1, 0.15) is 6.04 Å². The van der Waals surface area contributed by atoms with Crippen LogP contribution in [0.5, 0.6) is 0 Å². The number of aryl methyl sites for hydroxylation is 2. The van der Waals surface area contributed by atoms with E-state index in [1.165, 1.54) is 6.08 Å². The number of hydrogen-bond donors (Lipinski definition) is 1. The average Bonchev–Trinajstić information content (AvgIpc) is 2.71. The molecule has 0 bridgehead atoms. The van der Waals surface area contributed by atoms with Gasteiger partial charge in [-0.05, 0) is 43.0 Å². The normalized spacial score (nSPS) is 12.8. The highest BCUT2D eigenvalue weighted by molar-refractivity contribution is 7.92. The van der Waals surface area contributed by atoms with Crippen LogP contribution in [0, 0.1) is 19.8 Å². The molecule has 1 N–H and O–H groups in total. The average molecular weight is 430 g/mol. The van der Waals surface area contributed by atoms with Crippen LogP contribution in [0.1, 0.15) is 40.9 Å². The molecule has 0 aliphatic heterocycles. The van der Waals surface area contributed by atoms with E-state index < -0.39 is 28.6 Å².